The van der Waals surface area contributed by atoms with Gasteiger partial charge in [-0.2, -0.15) is 0 Å². The Morgan fingerprint density at radius 1 is 1.10 bits per heavy atom. The maximum absolute atomic E-state index is 11.6. The molecule has 0 nitrogen and oxygen atoms in total. The molecule has 0 radical (unpaired) electrons. The van der Waals surface area contributed by atoms with Crippen LogP contribution in [0.5, 0.6) is 0 Å². The summed E-state index contributed by atoms with van der Waals surface area (Å²) in [6.07, 6.45) is -4.22. The number of rotatable bonds is 2. The van der Waals surface area contributed by atoms with E-state index in [1.54, 1.807) is 0 Å². The average Bonchev–Trinajstić information content (AvgIpc) is 1.57. The van der Waals surface area contributed by atoms with Gasteiger partial charge in [0.2, 0.25) is 0 Å². The van der Waals surface area contributed by atoms with Crippen LogP contribution in [-0.2, 0) is 0 Å². The Labute approximate surface area is 60.1 Å². The SMILES string of the molecule is C[PH](C)(C)CCC(F)(F)F. The van der Waals surface area contributed by atoms with Gasteiger partial charge in [0.15, 0.2) is 0 Å². The molecule has 0 aliphatic carbocycles. The van der Waals surface area contributed by atoms with E-state index in [9.17, 15) is 13.2 Å². The quantitative estimate of drug-likeness (QED) is 0.564. The van der Waals surface area contributed by atoms with Crippen LogP contribution in [0, 0.1) is 0 Å². The molecule has 0 rings (SSSR count). The Bertz CT molecular complexity index is 86.5. The van der Waals surface area contributed by atoms with Crippen molar-refractivity contribution in [1.29, 1.82) is 0 Å². The molecule has 0 saturated carbocycles. The van der Waals surface area contributed by atoms with Gasteiger partial charge in [-0.05, 0) is 0 Å². The first-order valence-corrected chi connectivity index (χ1v) is 6.98. The monoisotopic (exact) mass is 174 g/mol. The molecule has 0 aromatic carbocycles. The van der Waals surface area contributed by atoms with E-state index >= 15 is 0 Å². The van der Waals surface area contributed by atoms with Gasteiger partial charge in [-0.3, -0.25) is 0 Å². The fourth-order valence-electron chi connectivity index (χ4n) is 0.517. The third-order valence-corrected chi connectivity index (χ3v) is 2.91. The molecule has 0 amide bonds. The topological polar surface area (TPSA) is 0 Å². The first-order valence-electron chi connectivity index (χ1n) is 3.27. The molecule has 0 saturated heterocycles. The number of hydrogen-bond acceptors (Lipinski definition) is 0. The Balaban J connectivity index is 3.56. The molecule has 0 aromatic heterocycles. The summed E-state index contributed by atoms with van der Waals surface area (Å²) in [4.78, 5) is 0. The normalized spacial score (nSPS) is 15.4. The third kappa shape index (κ3) is 8.22. The van der Waals surface area contributed by atoms with Gasteiger partial charge < -0.3 is 0 Å². The molecule has 0 atom stereocenters. The van der Waals surface area contributed by atoms with Crippen LogP contribution in [0.15, 0.2) is 0 Å². The fourth-order valence-corrected chi connectivity index (χ4v) is 1.55. The molecule has 4 heteroatoms. The summed E-state index contributed by atoms with van der Waals surface area (Å²) in [7, 11) is -1.49. The predicted molar refractivity (Wildman–Crippen MR) is 41.6 cm³/mol. The van der Waals surface area contributed by atoms with Crippen molar-refractivity contribution in [3.8, 4) is 0 Å². The van der Waals surface area contributed by atoms with Crippen LogP contribution in [0.1, 0.15) is 6.42 Å². The molecule has 0 spiro atoms. The Morgan fingerprint density at radius 2 is 1.50 bits per heavy atom. The van der Waals surface area contributed by atoms with Gasteiger partial charge in [-0.15, -0.1) is 0 Å². The molecule has 64 valence electrons. The molecule has 0 N–H and O–H groups in total. The second kappa shape index (κ2) is 3.08. The molecular formula is C6H14F3P. The summed E-state index contributed by atoms with van der Waals surface area (Å²) in [5.41, 5.74) is 0. The van der Waals surface area contributed by atoms with Crippen molar-refractivity contribution in [2.24, 2.45) is 0 Å². The van der Waals surface area contributed by atoms with Crippen molar-refractivity contribution in [3.05, 3.63) is 0 Å². The van der Waals surface area contributed by atoms with Crippen molar-refractivity contribution >= 4 is 7.26 Å². The molecule has 10 heavy (non-hydrogen) atoms. The van der Waals surface area contributed by atoms with E-state index in [4.69, 9.17) is 0 Å². The number of halogens is 3. The third-order valence-electron chi connectivity index (χ3n) is 1.16. The van der Waals surface area contributed by atoms with Gasteiger partial charge in [0.1, 0.15) is 0 Å². The first-order chi connectivity index (χ1) is 4.21. The van der Waals surface area contributed by atoms with E-state index < -0.39 is 19.9 Å². The molecule has 0 heterocycles. The average molecular weight is 174 g/mol. The zero-order valence-corrected chi connectivity index (χ0v) is 7.55. The van der Waals surface area contributed by atoms with E-state index in [2.05, 4.69) is 0 Å². The molecule has 0 aliphatic heterocycles. The molecule has 0 fully saturated rings. The van der Waals surface area contributed by atoms with Crippen LogP contribution in [-0.4, -0.2) is 32.3 Å². The van der Waals surface area contributed by atoms with Crippen molar-refractivity contribution in [2.75, 3.05) is 26.2 Å². The van der Waals surface area contributed by atoms with Crippen LogP contribution in [0.2, 0.25) is 0 Å². The van der Waals surface area contributed by atoms with Gasteiger partial charge in [0.25, 0.3) is 0 Å². The second-order valence-electron chi connectivity index (χ2n) is 3.68. The van der Waals surface area contributed by atoms with Gasteiger partial charge >= 0.3 is 59.2 Å². The van der Waals surface area contributed by atoms with Gasteiger partial charge in [0.05, 0.1) is 0 Å². The summed E-state index contributed by atoms with van der Waals surface area (Å²) in [6.45, 7) is 5.83. The summed E-state index contributed by atoms with van der Waals surface area (Å²) in [5.74, 6) is 0. The van der Waals surface area contributed by atoms with Crippen molar-refractivity contribution < 1.29 is 13.2 Å². The molecule has 0 aromatic rings. The maximum atomic E-state index is 11.6. The van der Waals surface area contributed by atoms with Gasteiger partial charge in [0, 0.05) is 0 Å². The number of hydrogen-bond donors (Lipinski definition) is 0. The van der Waals surface area contributed by atoms with Crippen LogP contribution in [0.25, 0.3) is 0 Å². The van der Waals surface area contributed by atoms with E-state index in [0.29, 0.717) is 6.16 Å². The Kier molecular flexibility index (Phi) is 3.15. The van der Waals surface area contributed by atoms with E-state index in [-0.39, 0.29) is 0 Å². The van der Waals surface area contributed by atoms with Crippen LogP contribution in [0.3, 0.4) is 0 Å². The first kappa shape index (κ1) is 10.2. The van der Waals surface area contributed by atoms with Crippen LogP contribution < -0.4 is 0 Å². The Morgan fingerprint density at radius 3 is 1.60 bits per heavy atom. The minimum atomic E-state index is -3.96. The summed E-state index contributed by atoms with van der Waals surface area (Å²) in [6, 6.07) is 0. The number of alkyl halides is 3. The molecule has 0 aliphatic rings. The standard InChI is InChI=1S/C6H14F3P/c1-10(2,3)5-4-6(7,8)9/h10H,4-5H2,1-3H3. The Hall–Kier alpha value is 0.220. The minimum absolute atomic E-state index is 0.344. The zero-order chi connectivity index (χ0) is 8.41. The summed E-state index contributed by atoms with van der Waals surface area (Å²) < 4.78 is 34.8. The molecular weight excluding hydrogens is 160 g/mol. The van der Waals surface area contributed by atoms with Crippen molar-refractivity contribution in [2.45, 2.75) is 12.6 Å². The van der Waals surface area contributed by atoms with Crippen LogP contribution in [0.4, 0.5) is 13.2 Å². The fraction of sp³-hybridized carbons (Fsp3) is 1.00. The van der Waals surface area contributed by atoms with Crippen LogP contribution >= 0.6 is 7.26 Å². The molecule has 0 unspecified atom stereocenters. The van der Waals surface area contributed by atoms with E-state index in [1.165, 1.54) is 0 Å². The van der Waals surface area contributed by atoms with Gasteiger partial charge in [-0.1, -0.05) is 0 Å². The van der Waals surface area contributed by atoms with E-state index in [0.717, 1.165) is 0 Å². The van der Waals surface area contributed by atoms with Crippen molar-refractivity contribution in [1.82, 2.24) is 0 Å². The van der Waals surface area contributed by atoms with Crippen molar-refractivity contribution in [3.63, 3.8) is 0 Å². The second-order valence-corrected chi connectivity index (χ2v) is 9.30. The molecule has 0 bridgehead atoms. The van der Waals surface area contributed by atoms with E-state index in [1.807, 2.05) is 20.0 Å². The predicted octanol–water partition coefficient (Wildman–Crippen LogP) is 2.58. The summed E-state index contributed by atoms with van der Waals surface area (Å²) in [5, 5.41) is 0. The van der Waals surface area contributed by atoms with Gasteiger partial charge in [-0.25, -0.2) is 0 Å². The summed E-state index contributed by atoms with van der Waals surface area (Å²) >= 11 is 0. The zero-order valence-electron chi connectivity index (χ0n) is 6.55.